The number of fused-ring (bicyclic) bond motifs is 1. The summed E-state index contributed by atoms with van der Waals surface area (Å²) in [6.07, 6.45) is 6.27. The van der Waals surface area contributed by atoms with Crippen LogP contribution in [0.4, 0.5) is 11.5 Å². The lowest BCUT2D eigenvalue weighted by Gasteiger charge is -2.32. The Labute approximate surface area is 143 Å². The summed E-state index contributed by atoms with van der Waals surface area (Å²) in [6.45, 7) is 6.38. The third-order valence-corrected chi connectivity index (χ3v) is 4.89. The number of anilines is 2. The molecule has 0 spiro atoms. The second-order valence-electron chi connectivity index (χ2n) is 7.23. The molecule has 2 aliphatic rings. The molecule has 1 saturated heterocycles. The molecule has 0 aliphatic carbocycles. The quantitative estimate of drug-likeness (QED) is 0.890. The van der Waals surface area contributed by atoms with Crippen LogP contribution < -0.4 is 10.6 Å². The van der Waals surface area contributed by atoms with Gasteiger partial charge < -0.3 is 15.5 Å². The minimum Gasteiger partial charge on any atom is -0.373 e. The van der Waals surface area contributed by atoms with E-state index in [1.165, 1.54) is 12.8 Å². The molecule has 0 radical (unpaired) electrons. The van der Waals surface area contributed by atoms with Crippen molar-refractivity contribution in [2.75, 3.05) is 30.3 Å². The van der Waals surface area contributed by atoms with Crippen molar-refractivity contribution < 1.29 is 9.59 Å². The standard InChI is InChI=1S/C18H26N4O2/c1-12(2)3-4-13-5-7-22(8-6-13)18(24)14-9-15-17(20-10-14)21-16(23)11-19-15/h9-10,12-13,19H,3-8,11H2,1-2H3,(H,20,21,23). The summed E-state index contributed by atoms with van der Waals surface area (Å²) in [7, 11) is 0. The second kappa shape index (κ2) is 7.20. The van der Waals surface area contributed by atoms with Gasteiger partial charge in [0, 0.05) is 19.3 Å². The average Bonchev–Trinajstić information content (AvgIpc) is 2.59. The van der Waals surface area contributed by atoms with E-state index in [1.807, 2.05) is 4.90 Å². The molecular formula is C18H26N4O2. The SMILES string of the molecule is CC(C)CCC1CCN(C(=O)c2cnc3c(c2)NCC(=O)N3)CC1. The molecule has 2 N–H and O–H groups in total. The Morgan fingerprint density at radius 3 is 2.83 bits per heavy atom. The topological polar surface area (TPSA) is 74.3 Å². The summed E-state index contributed by atoms with van der Waals surface area (Å²) in [6, 6.07) is 1.79. The van der Waals surface area contributed by atoms with E-state index in [-0.39, 0.29) is 18.4 Å². The van der Waals surface area contributed by atoms with Gasteiger partial charge >= 0.3 is 0 Å². The van der Waals surface area contributed by atoms with Gasteiger partial charge in [-0.3, -0.25) is 9.59 Å². The first-order chi connectivity index (χ1) is 11.5. The summed E-state index contributed by atoms with van der Waals surface area (Å²) in [5.74, 6) is 1.91. The van der Waals surface area contributed by atoms with Crippen LogP contribution in [0.2, 0.25) is 0 Å². The lowest BCUT2D eigenvalue weighted by atomic mass is 9.89. The summed E-state index contributed by atoms with van der Waals surface area (Å²) >= 11 is 0. The zero-order valence-electron chi connectivity index (χ0n) is 14.5. The molecule has 6 nitrogen and oxygen atoms in total. The minimum absolute atomic E-state index is 0.0336. The van der Waals surface area contributed by atoms with Gasteiger partial charge in [0.05, 0.1) is 17.8 Å². The van der Waals surface area contributed by atoms with Crippen LogP contribution in [0.15, 0.2) is 12.3 Å². The maximum Gasteiger partial charge on any atom is 0.255 e. The van der Waals surface area contributed by atoms with Crippen LogP contribution in [0, 0.1) is 11.8 Å². The number of hydrogen-bond donors (Lipinski definition) is 2. The number of aromatic nitrogens is 1. The molecule has 24 heavy (non-hydrogen) atoms. The molecule has 6 heteroatoms. The van der Waals surface area contributed by atoms with Crippen molar-refractivity contribution in [1.29, 1.82) is 0 Å². The number of likely N-dealkylation sites (tertiary alicyclic amines) is 1. The summed E-state index contributed by atoms with van der Waals surface area (Å²) in [5, 5.41) is 5.70. The number of rotatable bonds is 4. The summed E-state index contributed by atoms with van der Waals surface area (Å²) < 4.78 is 0. The van der Waals surface area contributed by atoms with Crippen LogP contribution >= 0.6 is 0 Å². The lowest BCUT2D eigenvalue weighted by Crippen LogP contribution is -2.38. The Morgan fingerprint density at radius 1 is 1.38 bits per heavy atom. The van der Waals surface area contributed by atoms with Gasteiger partial charge in [-0.15, -0.1) is 0 Å². The third-order valence-electron chi connectivity index (χ3n) is 4.89. The highest BCUT2D eigenvalue weighted by atomic mass is 16.2. The van der Waals surface area contributed by atoms with Crippen molar-refractivity contribution in [1.82, 2.24) is 9.88 Å². The van der Waals surface area contributed by atoms with Gasteiger partial charge in [-0.25, -0.2) is 4.98 Å². The Bertz CT molecular complexity index is 621. The van der Waals surface area contributed by atoms with E-state index in [1.54, 1.807) is 12.3 Å². The van der Waals surface area contributed by atoms with Crippen LogP contribution in [0.25, 0.3) is 0 Å². The van der Waals surface area contributed by atoms with Gasteiger partial charge in [0.25, 0.3) is 5.91 Å². The van der Waals surface area contributed by atoms with Crippen LogP contribution in [0.1, 0.15) is 49.9 Å². The number of pyridine rings is 1. The molecule has 0 atom stereocenters. The fourth-order valence-corrected chi connectivity index (χ4v) is 3.34. The minimum atomic E-state index is -0.113. The maximum atomic E-state index is 12.7. The van der Waals surface area contributed by atoms with E-state index in [0.717, 1.165) is 37.8 Å². The first kappa shape index (κ1) is 16.7. The number of amides is 2. The Balaban J connectivity index is 1.59. The number of nitrogens with one attached hydrogen (secondary N) is 2. The first-order valence-corrected chi connectivity index (χ1v) is 8.86. The van der Waals surface area contributed by atoms with Crippen molar-refractivity contribution in [3.63, 3.8) is 0 Å². The van der Waals surface area contributed by atoms with Crippen molar-refractivity contribution >= 4 is 23.3 Å². The number of hydrogen-bond acceptors (Lipinski definition) is 4. The van der Waals surface area contributed by atoms with Gasteiger partial charge in [-0.1, -0.05) is 26.7 Å². The lowest BCUT2D eigenvalue weighted by molar-refractivity contribution is -0.114. The van der Waals surface area contributed by atoms with Gasteiger partial charge in [0.15, 0.2) is 5.82 Å². The number of carbonyl (C=O) groups is 2. The Morgan fingerprint density at radius 2 is 2.12 bits per heavy atom. The van der Waals surface area contributed by atoms with Crippen LogP contribution in [-0.4, -0.2) is 41.3 Å². The second-order valence-corrected chi connectivity index (χ2v) is 7.23. The monoisotopic (exact) mass is 330 g/mol. The molecule has 0 unspecified atom stereocenters. The number of piperidine rings is 1. The van der Waals surface area contributed by atoms with E-state index >= 15 is 0 Å². The molecule has 1 aromatic heterocycles. The largest absolute Gasteiger partial charge is 0.373 e. The zero-order chi connectivity index (χ0) is 17.1. The van der Waals surface area contributed by atoms with E-state index < -0.39 is 0 Å². The fourth-order valence-electron chi connectivity index (χ4n) is 3.34. The van der Waals surface area contributed by atoms with E-state index in [9.17, 15) is 9.59 Å². The highest BCUT2D eigenvalue weighted by molar-refractivity contribution is 6.01. The Hall–Kier alpha value is -2.11. The molecule has 1 fully saturated rings. The van der Waals surface area contributed by atoms with Crippen molar-refractivity contribution in [2.24, 2.45) is 11.8 Å². The number of carbonyl (C=O) groups excluding carboxylic acids is 2. The highest BCUT2D eigenvalue weighted by Gasteiger charge is 2.25. The van der Waals surface area contributed by atoms with Crippen molar-refractivity contribution in [3.8, 4) is 0 Å². The molecule has 0 bridgehead atoms. The average molecular weight is 330 g/mol. The molecule has 0 aromatic carbocycles. The van der Waals surface area contributed by atoms with Gasteiger partial charge in [-0.2, -0.15) is 0 Å². The summed E-state index contributed by atoms with van der Waals surface area (Å²) in [5.41, 5.74) is 1.30. The molecule has 0 saturated carbocycles. The first-order valence-electron chi connectivity index (χ1n) is 8.86. The third kappa shape index (κ3) is 3.86. The predicted molar refractivity (Wildman–Crippen MR) is 94.1 cm³/mol. The molecule has 1 aromatic rings. The van der Waals surface area contributed by atoms with Gasteiger partial charge in [0.1, 0.15) is 0 Å². The van der Waals surface area contributed by atoms with Crippen molar-refractivity contribution in [3.05, 3.63) is 17.8 Å². The van der Waals surface area contributed by atoms with Gasteiger partial charge in [-0.05, 0) is 30.7 Å². The van der Waals surface area contributed by atoms with Crippen molar-refractivity contribution in [2.45, 2.75) is 39.5 Å². The van der Waals surface area contributed by atoms with Gasteiger partial charge in [0.2, 0.25) is 5.91 Å². The molecule has 2 aliphatic heterocycles. The summed E-state index contributed by atoms with van der Waals surface area (Å²) in [4.78, 5) is 30.2. The molecular weight excluding hydrogens is 304 g/mol. The normalized spacial score (nSPS) is 18.1. The van der Waals surface area contributed by atoms with E-state index in [0.29, 0.717) is 17.1 Å². The maximum absolute atomic E-state index is 12.7. The Kier molecular flexibility index (Phi) is 5.02. The molecule has 3 heterocycles. The van der Waals surface area contributed by atoms with Crippen LogP contribution in [0.3, 0.4) is 0 Å². The highest BCUT2D eigenvalue weighted by Crippen LogP contribution is 2.27. The molecule has 2 amide bonds. The van der Waals surface area contributed by atoms with Crippen LogP contribution in [-0.2, 0) is 4.79 Å². The number of nitrogens with zero attached hydrogens (tertiary/aromatic N) is 2. The zero-order valence-corrected chi connectivity index (χ0v) is 14.5. The van der Waals surface area contributed by atoms with E-state index in [2.05, 4.69) is 29.5 Å². The predicted octanol–water partition coefficient (Wildman–Crippen LogP) is 2.73. The van der Waals surface area contributed by atoms with E-state index in [4.69, 9.17) is 0 Å². The smallest absolute Gasteiger partial charge is 0.255 e. The molecule has 130 valence electrons. The van der Waals surface area contributed by atoms with Crippen LogP contribution in [0.5, 0.6) is 0 Å². The fraction of sp³-hybridized carbons (Fsp3) is 0.611. The molecule has 3 rings (SSSR count).